The largest absolute Gasteiger partial charge is 0.481 e. The second-order valence-corrected chi connectivity index (χ2v) is 3.46. The number of carboxylic acids is 2. The molecule has 0 heterocycles. The summed E-state index contributed by atoms with van der Waals surface area (Å²) in [6, 6.07) is 7.21. The molecular formula is C12H12O4. The van der Waals surface area contributed by atoms with Crippen molar-refractivity contribution in [3.63, 3.8) is 0 Å². The molecule has 0 amide bonds. The van der Waals surface area contributed by atoms with Crippen LogP contribution in [0.3, 0.4) is 0 Å². The van der Waals surface area contributed by atoms with Gasteiger partial charge >= 0.3 is 11.9 Å². The van der Waals surface area contributed by atoms with Crippen LogP contribution < -0.4 is 0 Å². The van der Waals surface area contributed by atoms with Gasteiger partial charge in [0.15, 0.2) is 0 Å². The van der Waals surface area contributed by atoms with Crippen LogP contribution in [-0.4, -0.2) is 22.2 Å². The Labute approximate surface area is 92.8 Å². The predicted molar refractivity (Wildman–Crippen MR) is 59.0 cm³/mol. The van der Waals surface area contributed by atoms with E-state index in [9.17, 15) is 9.59 Å². The van der Waals surface area contributed by atoms with Gasteiger partial charge in [0, 0.05) is 5.57 Å². The maximum Gasteiger partial charge on any atom is 0.332 e. The minimum Gasteiger partial charge on any atom is -0.481 e. The fourth-order valence-electron chi connectivity index (χ4n) is 1.31. The molecule has 1 aromatic carbocycles. The monoisotopic (exact) mass is 220 g/mol. The van der Waals surface area contributed by atoms with Crippen molar-refractivity contribution in [3.05, 3.63) is 41.0 Å². The Morgan fingerprint density at radius 2 is 2.00 bits per heavy atom. The smallest absolute Gasteiger partial charge is 0.332 e. The van der Waals surface area contributed by atoms with E-state index >= 15 is 0 Å². The van der Waals surface area contributed by atoms with Gasteiger partial charge in [-0.3, -0.25) is 4.79 Å². The highest BCUT2D eigenvalue weighted by Gasteiger charge is 2.11. The summed E-state index contributed by atoms with van der Waals surface area (Å²) in [5.41, 5.74) is 1.56. The van der Waals surface area contributed by atoms with Crippen molar-refractivity contribution < 1.29 is 19.8 Å². The molecule has 1 rings (SSSR count). The molecule has 1 aromatic rings. The molecule has 0 atom stereocenters. The molecule has 0 fully saturated rings. The Kier molecular flexibility index (Phi) is 3.83. The molecule has 0 unspecified atom stereocenters. The minimum atomic E-state index is -1.20. The summed E-state index contributed by atoms with van der Waals surface area (Å²) in [5.74, 6) is -2.36. The highest BCUT2D eigenvalue weighted by Crippen LogP contribution is 2.12. The first-order valence-electron chi connectivity index (χ1n) is 4.71. The van der Waals surface area contributed by atoms with Gasteiger partial charge in [-0.05, 0) is 18.6 Å². The number of aliphatic carboxylic acids is 2. The van der Waals surface area contributed by atoms with Gasteiger partial charge in [-0.15, -0.1) is 0 Å². The maximum absolute atomic E-state index is 10.8. The predicted octanol–water partition coefficient (Wildman–Crippen LogP) is 1.94. The molecule has 0 aliphatic heterocycles. The topological polar surface area (TPSA) is 74.6 Å². The van der Waals surface area contributed by atoms with Crippen molar-refractivity contribution in [2.75, 3.05) is 0 Å². The Hall–Kier alpha value is -2.10. The highest BCUT2D eigenvalue weighted by molar-refractivity contribution is 5.96. The lowest BCUT2D eigenvalue weighted by Crippen LogP contribution is -2.06. The lowest BCUT2D eigenvalue weighted by Gasteiger charge is -2.00. The SMILES string of the molecule is Cc1cccc(/C=C(/CC(=O)O)C(=O)O)c1. The van der Waals surface area contributed by atoms with Crippen LogP contribution in [0.15, 0.2) is 29.8 Å². The molecule has 84 valence electrons. The van der Waals surface area contributed by atoms with Crippen molar-refractivity contribution in [3.8, 4) is 0 Å². The molecule has 2 N–H and O–H groups in total. The van der Waals surface area contributed by atoms with E-state index in [1.165, 1.54) is 6.08 Å². The van der Waals surface area contributed by atoms with Crippen LogP contribution in [-0.2, 0) is 9.59 Å². The summed E-state index contributed by atoms with van der Waals surface area (Å²) in [4.78, 5) is 21.3. The second-order valence-electron chi connectivity index (χ2n) is 3.46. The maximum atomic E-state index is 10.8. The van der Waals surface area contributed by atoms with Crippen LogP contribution in [0, 0.1) is 6.92 Å². The molecule has 0 saturated heterocycles. The summed E-state index contributed by atoms with van der Waals surface area (Å²) in [5, 5.41) is 17.4. The van der Waals surface area contributed by atoms with Crippen LogP contribution in [0.1, 0.15) is 17.5 Å². The van der Waals surface area contributed by atoms with Crippen molar-refractivity contribution in [1.82, 2.24) is 0 Å². The Balaban J connectivity index is 3.02. The second kappa shape index (κ2) is 5.11. The van der Waals surface area contributed by atoms with Gasteiger partial charge < -0.3 is 10.2 Å². The first-order valence-corrected chi connectivity index (χ1v) is 4.71. The van der Waals surface area contributed by atoms with Crippen LogP contribution >= 0.6 is 0 Å². The molecule has 16 heavy (non-hydrogen) atoms. The van der Waals surface area contributed by atoms with Crippen molar-refractivity contribution in [1.29, 1.82) is 0 Å². The van der Waals surface area contributed by atoms with E-state index in [1.54, 1.807) is 18.2 Å². The van der Waals surface area contributed by atoms with E-state index in [0.717, 1.165) is 5.56 Å². The van der Waals surface area contributed by atoms with Gasteiger partial charge in [0.2, 0.25) is 0 Å². The van der Waals surface area contributed by atoms with E-state index in [2.05, 4.69) is 0 Å². The van der Waals surface area contributed by atoms with E-state index in [0.29, 0.717) is 5.56 Å². The lowest BCUT2D eigenvalue weighted by molar-refractivity contribution is -0.139. The Morgan fingerprint density at radius 1 is 1.31 bits per heavy atom. The average molecular weight is 220 g/mol. The van der Waals surface area contributed by atoms with Gasteiger partial charge in [-0.1, -0.05) is 29.8 Å². The quantitative estimate of drug-likeness (QED) is 0.760. The van der Waals surface area contributed by atoms with E-state index in [-0.39, 0.29) is 5.57 Å². The third kappa shape index (κ3) is 3.57. The van der Waals surface area contributed by atoms with Crippen LogP contribution in [0.2, 0.25) is 0 Å². The van der Waals surface area contributed by atoms with Gasteiger partial charge in [0.05, 0.1) is 6.42 Å². The van der Waals surface area contributed by atoms with E-state index in [1.807, 2.05) is 13.0 Å². The third-order valence-corrected chi connectivity index (χ3v) is 2.00. The summed E-state index contributed by atoms with van der Waals surface area (Å²) in [6.07, 6.45) is 0.896. The number of hydrogen-bond acceptors (Lipinski definition) is 2. The summed E-state index contributed by atoms with van der Waals surface area (Å²) < 4.78 is 0. The number of benzene rings is 1. The van der Waals surface area contributed by atoms with E-state index in [4.69, 9.17) is 10.2 Å². The Bertz CT molecular complexity index is 446. The lowest BCUT2D eigenvalue weighted by atomic mass is 10.1. The standard InChI is InChI=1S/C12H12O4/c1-8-3-2-4-9(5-8)6-10(12(15)16)7-11(13)14/h2-6H,7H2,1H3,(H,13,14)(H,15,16)/b10-6-. The first-order chi connectivity index (χ1) is 7.49. The molecule has 0 aliphatic carbocycles. The zero-order chi connectivity index (χ0) is 12.1. The summed E-state index contributed by atoms with van der Waals surface area (Å²) in [7, 11) is 0. The minimum absolute atomic E-state index is 0.127. The summed E-state index contributed by atoms with van der Waals surface area (Å²) >= 11 is 0. The fraction of sp³-hybridized carbons (Fsp3) is 0.167. The normalized spacial score (nSPS) is 11.2. The van der Waals surface area contributed by atoms with Crippen molar-refractivity contribution >= 4 is 18.0 Å². The summed E-state index contributed by atoms with van der Waals surface area (Å²) in [6.45, 7) is 1.88. The number of rotatable bonds is 4. The molecule has 4 heteroatoms. The molecule has 0 saturated carbocycles. The molecule has 4 nitrogen and oxygen atoms in total. The van der Waals surface area contributed by atoms with Crippen LogP contribution in [0.4, 0.5) is 0 Å². The van der Waals surface area contributed by atoms with Gasteiger partial charge in [0.25, 0.3) is 0 Å². The van der Waals surface area contributed by atoms with Gasteiger partial charge in [0.1, 0.15) is 0 Å². The molecule has 0 aliphatic rings. The number of aryl methyl sites for hydroxylation is 1. The number of carbonyl (C=O) groups is 2. The highest BCUT2D eigenvalue weighted by atomic mass is 16.4. The average Bonchev–Trinajstić information content (AvgIpc) is 2.15. The molecule has 0 aromatic heterocycles. The first kappa shape index (κ1) is 12.0. The molecule has 0 bridgehead atoms. The van der Waals surface area contributed by atoms with Crippen molar-refractivity contribution in [2.45, 2.75) is 13.3 Å². The van der Waals surface area contributed by atoms with Gasteiger partial charge in [-0.25, -0.2) is 4.79 Å². The Morgan fingerprint density at radius 3 is 2.50 bits per heavy atom. The molecular weight excluding hydrogens is 208 g/mol. The molecule has 0 spiro atoms. The fourth-order valence-corrected chi connectivity index (χ4v) is 1.31. The van der Waals surface area contributed by atoms with Crippen molar-refractivity contribution in [2.24, 2.45) is 0 Å². The molecule has 0 radical (unpaired) electrons. The number of carboxylic acid groups (broad SMARTS) is 2. The van der Waals surface area contributed by atoms with E-state index < -0.39 is 18.4 Å². The zero-order valence-corrected chi connectivity index (χ0v) is 8.80. The van der Waals surface area contributed by atoms with Gasteiger partial charge in [-0.2, -0.15) is 0 Å². The third-order valence-electron chi connectivity index (χ3n) is 2.00. The number of hydrogen-bond donors (Lipinski definition) is 2. The van der Waals surface area contributed by atoms with Crippen LogP contribution in [0.25, 0.3) is 6.08 Å². The van der Waals surface area contributed by atoms with Crippen LogP contribution in [0.5, 0.6) is 0 Å². The zero-order valence-electron chi connectivity index (χ0n) is 8.80.